The topological polar surface area (TPSA) is 35.8 Å². The Labute approximate surface area is 36.8 Å². The lowest BCUT2D eigenvalue weighted by Gasteiger charge is -1.64. The molecule has 0 saturated heterocycles. The van der Waals surface area contributed by atoms with Gasteiger partial charge >= 0.3 is 0 Å². The standard InChI is InChI=1S/C4H4N2/c1-2-3-6-4-5/h6H,1H3. The molecule has 0 radical (unpaired) electrons. The molecule has 2 heteroatoms. The summed E-state index contributed by atoms with van der Waals surface area (Å²) in [5.41, 5.74) is 0. The Hall–Kier alpha value is -1.15. The molecule has 0 aliphatic heterocycles. The predicted molar refractivity (Wildman–Crippen MR) is 22.2 cm³/mol. The zero-order chi connectivity index (χ0) is 4.83. The van der Waals surface area contributed by atoms with E-state index in [0.717, 1.165) is 0 Å². The first-order valence-corrected chi connectivity index (χ1v) is 1.47. The van der Waals surface area contributed by atoms with E-state index in [1.165, 1.54) is 0 Å². The second-order valence-electron chi connectivity index (χ2n) is 0.612. The van der Waals surface area contributed by atoms with Gasteiger partial charge in [0.05, 0.1) is 0 Å². The SMILES string of the molecule is CC#CNC#N. The van der Waals surface area contributed by atoms with Crippen molar-refractivity contribution in [3.05, 3.63) is 0 Å². The van der Waals surface area contributed by atoms with E-state index in [4.69, 9.17) is 5.26 Å². The summed E-state index contributed by atoms with van der Waals surface area (Å²) in [7, 11) is 0. The van der Waals surface area contributed by atoms with E-state index in [2.05, 4.69) is 17.3 Å². The van der Waals surface area contributed by atoms with E-state index in [1.54, 1.807) is 13.1 Å². The zero-order valence-electron chi connectivity index (χ0n) is 3.45. The second kappa shape index (κ2) is 3.85. The van der Waals surface area contributed by atoms with Crippen LogP contribution in [0.1, 0.15) is 6.92 Å². The van der Waals surface area contributed by atoms with Crippen LogP contribution in [-0.4, -0.2) is 0 Å². The van der Waals surface area contributed by atoms with Crippen molar-refractivity contribution in [1.29, 1.82) is 5.26 Å². The lowest BCUT2D eigenvalue weighted by molar-refractivity contribution is 1.25. The van der Waals surface area contributed by atoms with E-state index < -0.39 is 0 Å². The smallest absolute Gasteiger partial charge is 0.189 e. The Kier molecular flexibility index (Phi) is 3.11. The van der Waals surface area contributed by atoms with Crippen LogP contribution in [0, 0.1) is 23.4 Å². The summed E-state index contributed by atoms with van der Waals surface area (Å²) in [6.07, 6.45) is 1.64. The molecule has 2 nitrogen and oxygen atoms in total. The predicted octanol–water partition coefficient (Wildman–Crippen LogP) is 0.0379. The summed E-state index contributed by atoms with van der Waals surface area (Å²) in [4.78, 5) is 0. The Balaban J connectivity index is 3.07. The summed E-state index contributed by atoms with van der Waals surface area (Å²) < 4.78 is 0. The van der Waals surface area contributed by atoms with Crippen LogP contribution in [0.15, 0.2) is 0 Å². The molecule has 0 rings (SSSR count). The van der Waals surface area contributed by atoms with Crippen molar-refractivity contribution in [2.75, 3.05) is 0 Å². The Morgan fingerprint density at radius 2 is 2.33 bits per heavy atom. The number of nitrogens with one attached hydrogen (secondary N) is 1. The third kappa shape index (κ3) is 2.85. The number of rotatable bonds is 0. The molecule has 0 spiro atoms. The van der Waals surface area contributed by atoms with Crippen LogP contribution in [0.25, 0.3) is 0 Å². The molecule has 0 aliphatic rings. The van der Waals surface area contributed by atoms with Crippen LogP contribution in [0.2, 0.25) is 0 Å². The van der Waals surface area contributed by atoms with Gasteiger partial charge in [0.25, 0.3) is 0 Å². The minimum atomic E-state index is 1.64. The van der Waals surface area contributed by atoms with Gasteiger partial charge in [0.15, 0.2) is 6.19 Å². The highest BCUT2D eigenvalue weighted by Crippen LogP contribution is 1.39. The number of hydrogen-bond donors (Lipinski definition) is 1. The second-order valence-corrected chi connectivity index (χ2v) is 0.612. The first-order chi connectivity index (χ1) is 2.91. The molecule has 0 aromatic rings. The van der Waals surface area contributed by atoms with Gasteiger partial charge in [-0.05, 0) is 6.92 Å². The lowest BCUT2D eigenvalue weighted by atomic mass is 10.8. The molecule has 0 aromatic carbocycles. The van der Waals surface area contributed by atoms with Gasteiger partial charge in [-0.2, -0.15) is 5.26 Å². The van der Waals surface area contributed by atoms with Gasteiger partial charge in [-0.1, -0.05) is 5.92 Å². The van der Waals surface area contributed by atoms with E-state index in [1.807, 2.05) is 0 Å². The fraction of sp³-hybridized carbons (Fsp3) is 0.250. The molecule has 0 amide bonds. The minimum absolute atomic E-state index is 1.64. The van der Waals surface area contributed by atoms with Crippen molar-refractivity contribution < 1.29 is 0 Å². The summed E-state index contributed by atoms with van der Waals surface area (Å²) in [5.74, 6) is 2.48. The van der Waals surface area contributed by atoms with Crippen molar-refractivity contribution in [3.63, 3.8) is 0 Å². The molecule has 0 unspecified atom stereocenters. The molecule has 6 heavy (non-hydrogen) atoms. The molecule has 0 atom stereocenters. The van der Waals surface area contributed by atoms with Gasteiger partial charge in [-0.15, -0.1) is 0 Å². The van der Waals surface area contributed by atoms with Gasteiger partial charge in [-0.25, -0.2) is 0 Å². The first kappa shape index (κ1) is 4.85. The normalized spacial score (nSPS) is 4.00. The average molecular weight is 80.1 g/mol. The number of hydrogen-bond acceptors (Lipinski definition) is 2. The van der Waals surface area contributed by atoms with Gasteiger partial charge in [0, 0.05) is 6.04 Å². The maximum Gasteiger partial charge on any atom is 0.189 e. The van der Waals surface area contributed by atoms with Gasteiger partial charge in [0.2, 0.25) is 0 Å². The van der Waals surface area contributed by atoms with Crippen molar-refractivity contribution in [2.45, 2.75) is 6.92 Å². The van der Waals surface area contributed by atoms with E-state index in [9.17, 15) is 0 Å². The van der Waals surface area contributed by atoms with E-state index in [-0.39, 0.29) is 0 Å². The molecule has 0 bridgehead atoms. The van der Waals surface area contributed by atoms with Crippen molar-refractivity contribution in [2.24, 2.45) is 0 Å². The first-order valence-electron chi connectivity index (χ1n) is 1.47. The highest BCUT2D eigenvalue weighted by molar-refractivity contribution is 4.96. The largest absolute Gasteiger partial charge is 0.251 e. The van der Waals surface area contributed by atoms with Crippen LogP contribution in [-0.2, 0) is 0 Å². The van der Waals surface area contributed by atoms with Crippen LogP contribution >= 0.6 is 0 Å². The van der Waals surface area contributed by atoms with Crippen LogP contribution < -0.4 is 5.32 Å². The van der Waals surface area contributed by atoms with Gasteiger partial charge in [-0.3, -0.25) is 5.32 Å². The maximum atomic E-state index is 7.73. The summed E-state index contributed by atoms with van der Waals surface area (Å²) in [5, 5.41) is 9.88. The third-order valence-electron chi connectivity index (χ3n) is 0.243. The summed E-state index contributed by atoms with van der Waals surface area (Å²) >= 11 is 0. The Bertz CT molecular complexity index is 110. The van der Waals surface area contributed by atoms with Crippen molar-refractivity contribution in [3.8, 4) is 18.2 Å². The monoisotopic (exact) mass is 80.0 g/mol. The highest BCUT2D eigenvalue weighted by Gasteiger charge is 1.52. The molecule has 30 valence electrons. The zero-order valence-corrected chi connectivity index (χ0v) is 3.45. The quantitative estimate of drug-likeness (QED) is 0.253. The summed E-state index contributed by atoms with van der Waals surface area (Å²) in [6, 6.07) is 2.34. The molecule has 0 aliphatic carbocycles. The van der Waals surface area contributed by atoms with Crippen LogP contribution in [0.3, 0.4) is 0 Å². The molecule has 0 aromatic heterocycles. The molecular weight excluding hydrogens is 76.1 g/mol. The number of nitriles is 1. The Morgan fingerprint density at radius 3 is 2.50 bits per heavy atom. The van der Waals surface area contributed by atoms with Crippen LogP contribution in [0.4, 0.5) is 0 Å². The molecule has 0 saturated carbocycles. The number of nitrogens with zero attached hydrogens (tertiary/aromatic N) is 1. The minimum Gasteiger partial charge on any atom is -0.251 e. The maximum absolute atomic E-state index is 7.73. The van der Waals surface area contributed by atoms with Gasteiger partial charge < -0.3 is 0 Å². The van der Waals surface area contributed by atoms with Gasteiger partial charge in [0.1, 0.15) is 0 Å². The fourth-order valence-electron chi connectivity index (χ4n) is 0.0905. The lowest BCUT2D eigenvalue weighted by Crippen LogP contribution is -1.89. The Morgan fingerprint density at radius 1 is 1.67 bits per heavy atom. The molecular formula is C4H4N2. The molecule has 0 fully saturated rings. The molecule has 0 heterocycles. The van der Waals surface area contributed by atoms with Crippen molar-refractivity contribution in [1.82, 2.24) is 5.32 Å². The fourth-order valence-corrected chi connectivity index (χ4v) is 0.0905. The molecule has 1 N–H and O–H groups in total. The van der Waals surface area contributed by atoms with Crippen molar-refractivity contribution >= 4 is 0 Å². The summed E-state index contributed by atoms with van der Waals surface area (Å²) in [6.45, 7) is 1.66. The average Bonchev–Trinajstić information content (AvgIpc) is 1.61. The van der Waals surface area contributed by atoms with Crippen LogP contribution in [0.5, 0.6) is 0 Å². The van der Waals surface area contributed by atoms with E-state index in [0.29, 0.717) is 0 Å². The third-order valence-corrected chi connectivity index (χ3v) is 0.243. The highest BCUT2D eigenvalue weighted by atomic mass is 14.8. The van der Waals surface area contributed by atoms with E-state index >= 15 is 0 Å².